The van der Waals surface area contributed by atoms with Gasteiger partial charge in [-0.2, -0.15) is 5.10 Å². The first-order valence-corrected chi connectivity index (χ1v) is 5.96. The van der Waals surface area contributed by atoms with Crippen LogP contribution in [0.1, 0.15) is 5.56 Å². The van der Waals surface area contributed by atoms with E-state index in [1.165, 1.54) is 0 Å². The molecule has 2 rings (SSSR count). The Labute approximate surface area is 100 Å². The molecular weight excluding hydrogens is 364 g/mol. The molecule has 0 unspecified atom stereocenters. The second-order valence-corrected chi connectivity index (χ2v) is 9.40. The van der Waals surface area contributed by atoms with E-state index in [9.17, 15) is 0 Å². The molecule has 0 spiro atoms. The predicted octanol–water partition coefficient (Wildman–Crippen LogP) is 3.86. The maximum Gasteiger partial charge on any atom is 0.161 e. The topological polar surface area (TPSA) is 28.7 Å². The molecule has 0 fully saturated rings. The standard InChI is InChI=1S/C8H5Br3N2/c9-8(10,11)6-3-1-2-5-4-12-13-7(5)6/h1-4H,(H,12,13). The Bertz CT molecular complexity index is 430. The van der Waals surface area contributed by atoms with E-state index in [1.807, 2.05) is 18.2 Å². The number of hydrogen-bond acceptors (Lipinski definition) is 1. The second-order valence-electron chi connectivity index (χ2n) is 2.64. The Morgan fingerprint density at radius 1 is 1.23 bits per heavy atom. The van der Waals surface area contributed by atoms with Crippen LogP contribution in [0.5, 0.6) is 0 Å². The van der Waals surface area contributed by atoms with Crippen LogP contribution in [-0.4, -0.2) is 10.2 Å². The molecule has 1 N–H and O–H groups in total. The summed E-state index contributed by atoms with van der Waals surface area (Å²) in [6.07, 6.45) is 1.80. The van der Waals surface area contributed by atoms with Gasteiger partial charge in [0.05, 0.1) is 11.7 Å². The number of benzene rings is 1. The van der Waals surface area contributed by atoms with E-state index in [0.717, 1.165) is 16.5 Å². The van der Waals surface area contributed by atoms with Crippen molar-refractivity contribution in [1.29, 1.82) is 0 Å². The zero-order chi connectivity index (χ0) is 9.47. The number of nitrogens with one attached hydrogen (secondary N) is 1. The molecule has 13 heavy (non-hydrogen) atoms. The molecule has 0 aliphatic rings. The highest BCUT2D eigenvalue weighted by molar-refractivity contribution is 9.38. The van der Waals surface area contributed by atoms with E-state index in [2.05, 4.69) is 58.0 Å². The van der Waals surface area contributed by atoms with Gasteiger partial charge in [0.1, 0.15) is 0 Å². The summed E-state index contributed by atoms with van der Waals surface area (Å²) in [7, 11) is 0. The van der Waals surface area contributed by atoms with Crippen molar-refractivity contribution in [1.82, 2.24) is 10.2 Å². The largest absolute Gasteiger partial charge is 0.277 e. The summed E-state index contributed by atoms with van der Waals surface area (Å²) in [5.74, 6) is 0. The Morgan fingerprint density at radius 3 is 2.69 bits per heavy atom. The number of aromatic nitrogens is 2. The van der Waals surface area contributed by atoms with Crippen molar-refractivity contribution in [3.8, 4) is 0 Å². The summed E-state index contributed by atoms with van der Waals surface area (Å²) >= 11 is 10.4. The Kier molecular flexibility index (Phi) is 2.51. The number of halogens is 3. The average molecular weight is 369 g/mol. The zero-order valence-electron chi connectivity index (χ0n) is 6.39. The summed E-state index contributed by atoms with van der Waals surface area (Å²) in [6, 6.07) is 6.02. The molecule has 2 nitrogen and oxygen atoms in total. The highest BCUT2D eigenvalue weighted by atomic mass is 80.0. The fourth-order valence-corrected chi connectivity index (χ4v) is 2.20. The van der Waals surface area contributed by atoms with E-state index in [4.69, 9.17) is 0 Å². The number of hydrogen-bond donors (Lipinski definition) is 1. The molecule has 2 aromatic rings. The lowest BCUT2D eigenvalue weighted by Crippen LogP contribution is -1.98. The third-order valence-electron chi connectivity index (χ3n) is 1.78. The first kappa shape index (κ1) is 9.68. The molecule has 68 valence electrons. The zero-order valence-corrected chi connectivity index (χ0v) is 11.1. The number of para-hydroxylation sites is 1. The maximum atomic E-state index is 3.99. The van der Waals surface area contributed by atoms with Crippen molar-refractivity contribution in [2.75, 3.05) is 0 Å². The molecule has 1 aromatic carbocycles. The van der Waals surface area contributed by atoms with Crippen molar-refractivity contribution in [3.63, 3.8) is 0 Å². The van der Waals surface area contributed by atoms with E-state index < -0.39 is 0 Å². The van der Waals surface area contributed by atoms with E-state index in [0.29, 0.717) is 0 Å². The third-order valence-corrected chi connectivity index (χ3v) is 3.06. The monoisotopic (exact) mass is 366 g/mol. The third kappa shape index (κ3) is 1.82. The van der Waals surface area contributed by atoms with Gasteiger partial charge in [0.25, 0.3) is 0 Å². The van der Waals surface area contributed by atoms with Gasteiger partial charge in [0.15, 0.2) is 2.14 Å². The van der Waals surface area contributed by atoms with Crippen LogP contribution in [0.2, 0.25) is 0 Å². The molecule has 0 bridgehead atoms. The van der Waals surface area contributed by atoms with Gasteiger partial charge in [-0.05, 0) is 0 Å². The molecule has 0 aliphatic carbocycles. The number of nitrogens with zero attached hydrogens (tertiary/aromatic N) is 1. The molecule has 1 aromatic heterocycles. The van der Waals surface area contributed by atoms with Gasteiger partial charge in [-0.3, -0.25) is 5.10 Å². The fraction of sp³-hybridized carbons (Fsp3) is 0.125. The molecule has 0 amide bonds. The Morgan fingerprint density at radius 2 is 2.00 bits per heavy atom. The molecule has 5 heteroatoms. The smallest absolute Gasteiger partial charge is 0.161 e. The number of H-pyrrole nitrogens is 1. The SMILES string of the molecule is BrC(Br)(Br)c1cccc2cn[nH]c12. The molecule has 0 aliphatic heterocycles. The number of aromatic amines is 1. The first-order valence-electron chi connectivity index (χ1n) is 3.58. The maximum absolute atomic E-state index is 3.99. The molecular formula is C8H5Br3N2. The molecule has 0 radical (unpaired) electrons. The van der Waals surface area contributed by atoms with Crippen LogP contribution in [0.4, 0.5) is 0 Å². The van der Waals surface area contributed by atoms with Gasteiger partial charge in [-0.25, -0.2) is 0 Å². The van der Waals surface area contributed by atoms with Crippen molar-refractivity contribution in [2.45, 2.75) is 2.14 Å². The Hall–Kier alpha value is 0.130. The van der Waals surface area contributed by atoms with Gasteiger partial charge >= 0.3 is 0 Å². The quantitative estimate of drug-likeness (QED) is 0.703. The second kappa shape index (κ2) is 3.37. The molecule has 0 atom stereocenters. The summed E-state index contributed by atoms with van der Waals surface area (Å²) in [6.45, 7) is 0. The molecule has 1 heterocycles. The van der Waals surface area contributed by atoms with Gasteiger partial charge in [-0.15, -0.1) is 0 Å². The summed E-state index contributed by atoms with van der Waals surface area (Å²) in [5.41, 5.74) is 2.09. The lowest BCUT2D eigenvalue weighted by atomic mass is 10.2. The van der Waals surface area contributed by atoms with Crippen LogP contribution in [0, 0.1) is 0 Å². The molecule has 0 saturated heterocycles. The Balaban J connectivity index is 2.75. The van der Waals surface area contributed by atoms with Crippen LogP contribution >= 0.6 is 47.8 Å². The van der Waals surface area contributed by atoms with Crippen LogP contribution in [0.3, 0.4) is 0 Å². The van der Waals surface area contributed by atoms with E-state index in [-0.39, 0.29) is 2.14 Å². The van der Waals surface area contributed by atoms with Crippen LogP contribution in [-0.2, 0) is 2.14 Å². The first-order chi connectivity index (χ1) is 6.09. The van der Waals surface area contributed by atoms with Crippen LogP contribution < -0.4 is 0 Å². The minimum Gasteiger partial charge on any atom is -0.277 e. The van der Waals surface area contributed by atoms with E-state index >= 15 is 0 Å². The van der Waals surface area contributed by atoms with Gasteiger partial charge in [0.2, 0.25) is 0 Å². The van der Waals surface area contributed by atoms with Crippen molar-refractivity contribution >= 4 is 58.7 Å². The van der Waals surface area contributed by atoms with Crippen LogP contribution in [0.25, 0.3) is 10.9 Å². The van der Waals surface area contributed by atoms with Gasteiger partial charge in [0, 0.05) is 10.9 Å². The van der Waals surface area contributed by atoms with Crippen molar-refractivity contribution in [2.24, 2.45) is 0 Å². The number of rotatable bonds is 0. The number of fused-ring (bicyclic) bond motifs is 1. The molecule has 0 saturated carbocycles. The number of alkyl halides is 3. The average Bonchev–Trinajstić information content (AvgIpc) is 2.48. The van der Waals surface area contributed by atoms with Gasteiger partial charge < -0.3 is 0 Å². The van der Waals surface area contributed by atoms with Gasteiger partial charge in [-0.1, -0.05) is 66.0 Å². The van der Waals surface area contributed by atoms with E-state index in [1.54, 1.807) is 6.20 Å². The minimum absolute atomic E-state index is 0.390. The van der Waals surface area contributed by atoms with Crippen molar-refractivity contribution in [3.05, 3.63) is 30.0 Å². The fourth-order valence-electron chi connectivity index (χ4n) is 1.21. The summed E-state index contributed by atoms with van der Waals surface area (Å²) in [4.78, 5) is 0. The lowest BCUT2D eigenvalue weighted by Gasteiger charge is -2.12. The summed E-state index contributed by atoms with van der Waals surface area (Å²) < 4.78 is -0.390. The minimum atomic E-state index is -0.390. The highest BCUT2D eigenvalue weighted by Gasteiger charge is 2.23. The van der Waals surface area contributed by atoms with Crippen LogP contribution in [0.15, 0.2) is 24.4 Å². The predicted molar refractivity (Wildman–Crippen MR) is 64.6 cm³/mol. The normalized spacial score (nSPS) is 12.2. The summed E-state index contributed by atoms with van der Waals surface area (Å²) in [5, 5.41) is 8.04. The van der Waals surface area contributed by atoms with Crippen molar-refractivity contribution < 1.29 is 0 Å². The highest BCUT2D eigenvalue weighted by Crippen LogP contribution is 2.46. The lowest BCUT2D eigenvalue weighted by molar-refractivity contribution is 1.11.